The summed E-state index contributed by atoms with van der Waals surface area (Å²) in [7, 11) is -1.67. The van der Waals surface area contributed by atoms with E-state index in [1.165, 1.54) is 6.07 Å². The molecule has 144 valence electrons. The number of alkyl halides is 3. The number of benzene rings is 1. The van der Waals surface area contributed by atoms with Gasteiger partial charge in [-0.1, -0.05) is 12.1 Å². The Kier molecular flexibility index (Phi) is 4.23. The molecule has 4 rings (SSSR count). The van der Waals surface area contributed by atoms with Gasteiger partial charge in [0.15, 0.2) is 14.1 Å². The van der Waals surface area contributed by atoms with Crippen LogP contribution in [0.4, 0.5) is 24.7 Å². The lowest BCUT2D eigenvalue weighted by atomic mass is 10.1. The minimum atomic E-state index is -4.37. The van der Waals surface area contributed by atoms with Crippen LogP contribution in [0.25, 0.3) is 11.3 Å². The van der Waals surface area contributed by atoms with Crippen LogP contribution in [0.5, 0.6) is 0 Å². The second kappa shape index (κ2) is 6.24. The monoisotopic (exact) mass is 393 g/mol. The van der Waals surface area contributed by atoms with Crippen LogP contribution in [0, 0.1) is 0 Å². The van der Waals surface area contributed by atoms with Gasteiger partial charge in [0, 0.05) is 18.7 Å². The summed E-state index contributed by atoms with van der Waals surface area (Å²) in [5.41, 5.74) is 1.29. The first-order valence-electron chi connectivity index (χ1n) is 8.98. The number of rotatable bonds is 3. The zero-order valence-corrected chi connectivity index (χ0v) is 16.5. The first-order valence-corrected chi connectivity index (χ1v) is 12.4. The third-order valence-electron chi connectivity index (χ3n) is 4.79. The molecule has 0 radical (unpaired) electrons. The summed E-state index contributed by atoms with van der Waals surface area (Å²) >= 11 is 0. The van der Waals surface area contributed by atoms with Crippen LogP contribution >= 0.6 is 0 Å². The first kappa shape index (κ1) is 18.3. The third-order valence-corrected chi connectivity index (χ3v) is 5.80. The molecule has 2 aromatic rings. The summed E-state index contributed by atoms with van der Waals surface area (Å²) in [6, 6.07) is 9.14. The summed E-state index contributed by atoms with van der Waals surface area (Å²) in [6.07, 6.45) is -4.27. The Balaban J connectivity index is 1.62. The first-order chi connectivity index (χ1) is 12.6. The van der Waals surface area contributed by atoms with Crippen molar-refractivity contribution < 1.29 is 17.6 Å². The van der Waals surface area contributed by atoms with E-state index in [-0.39, 0.29) is 12.1 Å². The van der Waals surface area contributed by atoms with E-state index in [1.807, 2.05) is 6.07 Å². The highest BCUT2D eigenvalue weighted by Crippen LogP contribution is 2.38. The molecular formula is C19H22F3N3OSi. The molecule has 8 heteroatoms. The van der Waals surface area contributed by atoms with Gasteiger partial charge in [-0.15, -0.1) is 0 Å². The molecular weight excluding hydrogens is 371 g/mol. The molecule has 1 fully saturated rings. The molecule has 0 unspecified atom stereocenters. The largest absolute Gasteiger partial charge is 0.416 e. The van der Waals surface area contributed by atoms with Crippen LogP contribution in [-0.4, -0.2) is 38.5 Å². The van der Waals surface area contributed by atoms with E-state index in [2.05, 4.69) is 34.8 Å². The minimum Gasteiger partial charge on any atom is -0.411 e. The van der Waals surface area contributed by atoms with Crippen molar-refractivity contribution in [2.45, 2.75) is 38.0 Å². The third kappa shape index (κ3) is 3.68. The Bertz CT molecular complexity index is 866. The van der Waals surface area contributed by atoms with Crippen molar-refractivity contribution in [3.8, 4) is 11.3 Å². The van der Waals surface area contributed by atoms with Gasteiger partial charge in [-0.05, 0) is 43.9 Å². The van der Waals surface area contributed by atoms with Crippen molar-refractivity contribution in [2.75, 3.05) is 23.3 Å². The second-order valence-corrected chi connectivity index (χ2v) is 12.5. The molecule has 27 heavy (non-hydrogen) atoms. The minimum absolute atomic E-state index is 0.0999. The van der Waals surface area contributed by atoms with Crippen molar-refractivity contribution in [1.29, 1.82) is 0 Å². The quantitative estimate of drug-likeness (QED) is 0.774. The maximum absolute atomic E-state index is 13.0. The van der Waals surface area contributed by atoms with Crippen molar-refractivity contribution in [3.63, 3.8) is 0 Å². The summed E-state index contributed by atoms with van der Waals surface area (Å²) in [5, 5.41) is 3.44. The SMILES string of the molecule is C[Si](C)(C)O[C@@H]1CN2C[C@H]1Nc1nc(-c3cccc(C(F)(F)F)c3)ccc12. The molecule has 4 nitrogen and oxygen atoms in total. The van der Waals surface area contributed by atoms with Crippen LogP contribution < -0.4 is 10.2 Å². The lowest BCUT2D eigenvalue weighted by Crippen LogP contribution is -2.42. The number of anilines is 2. The maximum Gasteiger partial charge on any atom is 0.416 e. The van der Waals surface area contributed by atoms with Gasteiger partial charge in [0.25, 0.3) is 0 Å². The van der Waals surface area contributed by atoms with E-state index in [9.17, 15) is 13.2 Å². The van der Waals surface area contributed by atoms with Gasteiger partial charge in [0.1, 0.15) is 0 Å². The summed E-state index contributed by atoms with van der Waals surface area (Å²) in [6.45, 7) is 8.16. The van der Waals surface area contributed by atoms with Gasteiger partial charge in [-0.2, -0.15) is 13.2 Å². The Morgan fingerprint density at radius 2 is 1.93 bits per heavy atom. The van der Waals surface area contributed by atoms with Crippen molar-refractivity contribution >= 4 is 19.8 Å². The van der Waals surface area contributed by atoms with Crippen molar-refractivity contribution in [2.24, 2.45) is 0 Å². The molecule has 2 aliphatic rings. The molecule has 2 atom stereocenters. The summed E-state index contributed by atoms with van der Waals surface area (Å²) < 4.78 is 45.3. The average molecular weight is 393 g/mol. The van der Waals surface area contributed by atoms with E-state index in [0.717, 1.165) is 30.9 Å². The van der Waals surface area contributed by atoms with E-state index in [4.69, 9.17) is 4.43 Å². The molecule has 2 bridgehead atoms. The van der Waals surface area contributed by atoms with Crippen LogP contribution in [0.15, 0.2) is 36.4 Å². The fraction of sp³-hybridized carbons (Fsp3) is 0.421. The molecule has 1 saturated heterocycles. The number of pyridine rings is 1. The van der Waals surface area contributed by atoms with Crippen LogP contribution in [0.3, 0.4) is 0 Å². The molecule has 0 aliphatic carbocycles. The Morgan fingerprint density at radius 3 is 2.63 bits per heavy atom. The molecule has 0 amide bonds. The average Bonchev–Trinajstić information content (AvgIpc) is 2.89. The van der Waals surface area contributed by atoms with Gasteiger partial charge in [0.2, 0.25) is 0 Å². The van der Waals surface area contributed by atoms with Gasteiger partial charge in [-0.3, -0.25) is 0 Å². The predicted octanol–water partition coefficient (Wildman–Crippen LogP) is 4.60. The zero-order valence-electron chi connectivity index (χ0n) is 15.5. The molecule has 0 spiro atoms. The lowest BCUT2D eigenvalue weighted by Gasteiger charge is -2.29. The van der Waals surface area contributed by atoms with Gasteiger partial charge in [0.05, 0.1) is 29.1 Å². The van der Waals surface area contributed by atoms with Crippen molar-refractivity contribution in [3.05, 3.63) is 42.0 Å². The van der Waals surface area contributed by atoms with E-state index >= 15 is 0 Å². The highest BCUT2D eigenvalue weighted by atomic mass is 28.4. The molecule has 1 N–H and O–H groups in total. The lowest BCUT2D eigenvalue weighted by molar-refractivity contribution is -0.137. The number of nitrogens with zero attached hydrogens (tertiary/aromatic N) is 2. The molecule has 3 heterocycles. The molecule has 0 saturated carbocycles. The standard InChI is InChI=1S/C19H22F3N3OSi/c1-27(2,3)26-17-11-25-10-15(17)24-18-16(25)8-7-14(23-18)12-5-4-6-13(9-12)19(20,21)22/h4-9,15,17H,10-11H2,1-3H3,(H,23,24)/t15-,17-/m1/s1. The number of aromatic nitrogens is 1. The van der Waals surface area contributed by atoms with Crippen LogP contribution in [0.1, 0.15) is 5.56 Å². The smallest absolute Gasteiger partial charge is 0.411 e. The number of fused-ring (bicyclic) bond motifs is 4. The highest BCUT2D eigenvalue weighted by molar-refractivity contribution is 6.69. The van der Waals surface area contributed by atoms with Gasteiger partial charge >= 0.3 is 6.18 Å². The van der Waals surface area contributed by atoms with E-state index in [0.29, 0.717) is 17.1 Å². The predicted molar refractivity (Wildman–Crippen MR) is 103 cm³/mol. The number of hydrogen-bond acceptors (Lipinski definition) is 4. The van der Waals surface area contributed by atoms with Crippen LogP contribution in [0.2, 0.25) is 19.6 Å². The molecule has 1 aromatic carbocycles. The van der Waals surface area contributed by atoms with E-state index in [1.54, 1.807) is 12.1 Å². The fourth-order valence-electron chi connectivity index (χ4n) is 3.69. The highest BCUT2D eigenvalue weighted by Gasteiger charge is 2.41. The van der Waals surface area contributed by atoms with Gasteiger partial charge in [-0.25, -0.2) is 4.98 Å². The van der Waals surface area contributed by atoms with Gasteiger partial charge < -0.3 is 14.6 Å². The molecule has 1 aromatic heterocycles. The normalized spacial score (nSPS) is 21.8. The Hall–Kier alpha value is -2.06. The van der Waals surface area contributed by atoms with E-state index < -0.39 is 20.1 Å². The maximum atomic E-state index is 13.0. The zero-order chi connectivity index (χ0) is 19.4. The van der Waals surface area contributed by atoms with Crippen LogP contribution in [-0.2, 0) is 10.6 Å². The Morgan fingerprint density at radius 1 is 1.15 bits per heavy atom. The summed E-state index contributed by atoms with van der Waals surface area (Å²) in [4.78, 5) is 6.85. The van der Waals surface area contributed by atoms with Crippen molar-refractivity contribution in [1.82, 2.24) is 4.98 Å². The Labute approximate surface area is 157 Å². The number of nitrogens with one attached hydrogen (secondary N) is 1. The second-order valence-electron chi connectivity index (χ2n) is 8.07. The molecule has 2 aliphatic heterocycles. The topological polar surface area (TPSA) is 37.4 Å². The number of halogens is 3. The summed E-state index contributed by atoms with van der Waals surface area (Å²) in [5.74, 6) is 0.711. The fourth-order valence-corrected chi connectivity index (χ4v) is 4.83. The number of hydrogen-bond donors (Lipinski definition) is 1.